The molecule has 1 aromatic rings. The van der Waals surface area contributed by atoms with Crippen LogP contribution in [0.15, 0.2) is 18.5 Å². The molecule has 0 saturated carbocycles. The summed E-state index contributed by atoms with van der Waals surface area (Å²) in [4.78, 5) is 2.66. The Morgan fingerprint density at radius 3 is 2.60 bits per heavy atom. The predicted octanol–water partition coefficient (Wildman–Crippen LogP) is 2.23. The summed E-state index contributed by atoms with van der Waals surface area (Å²) in [5.74, 6) is 0.683. The molecule has 2 atom stereocenters. The summed E-state index contributed by atoms with van der Waals surface area (Å²) in [5.41, 5.74) is 0.305. The largest absolute Gasteiger partial charge is 0.311 e. The van der Waals surface area contributed by atoms with Gasteiger partial charge in [0.05, 0.1) is 6.54 Å². The SMILES string of the molecule is CC(C)C1CN(CCn2cccn2)C(C(C)(C)C)CN1. The minimum absolute atomic E-state index is 0.305. The monoisotopic (exact) mass is 278 g/mol. The Morgan fingerprint density at radius 2 is 2.05 bits per heavy atom. The van der Waals surface area contributed by atoms with Crippen molar-refractivity contribution in [3.63, 3.8) is 0 Å². The zero-order valence-electron chi connectivity index (χ0n) is 13.6. The van der Waals surface area contributed by atoms with Crippen LogP contribution in [-0.2, 0) is 6.54 Å². The summed E-state index contributed by atoms with van der Waals surface area (Å²) in [7, 11) is 0. The predicted molar refractivity (Wildman–Crippen MR) is 83.7 cm³/mol. The number of hydrogen-bond acceptors (Lipinski definition) is 3. The van der Waals surface area contributed by atoms with Gasteiger partial charge in [0.15, 0.2) is 0 Å². The van der Waals surface area contributed by atoms with Gasteiger partial charge in [-0.2, -0.15) is 5.10 Å². The molecule has 4 nitrogen and oxygen atoms in total. The van der Waals surface area contributed by atoms with Crippen molar-refractivity contribution in [1.82, 2.24) is 20.0 Å². The molecule has 1 aromatic heterocycles. The zero-order chi connectivity index (χ0) is 14.8. The lowest BCUT2D eigenvalue weighted by molar-refractivity contribution is 0.0429. The van der Waals surface area contributed by atoms with Crippen LogP contribution in [0.5, 0.6) is 0 Å². The average Bonchev–Trinajstić information content (AvgIpc) is 2.87. The van der Waals surface area contributed by atoms with E-state index in [1.165, 1.54) is 0 Å². The van der Waals surface area contributed by atoms with Crippen LogP contribution in [-0.4, -0.2) is 46.4 Å². The summed E-state index contributed by atoms with van der Waals surface area (Å²) in [6.07, 6.45) is 3.91. The van der Waals surface area contributed by atoms with Crippen molar-refractivity contribution in [3.8, 4) is 0 Å². The highest BCUT2D eigenvalue weighted by Gasteiger charge is 2.35. The van der Waals surface area contributed by atoms with Gasteiger partial charge in [-0.15, -0.1) is 0 Å². The molecule has 1 saturated heterocycles. The molecular weight excluding hydrogens is 248 g/mol. The summed E-state index contributed by atoms with van der Waals surface area (Å²) in [5, 5.41) is 8.05. The number of aromatic nitrogens is 2. The van der Waals surface area contributed by atoms with Gasteiger partial charge in [-0.05, 0) is 17.4 Å². The Labute approximate surface area is 123 Å². The lowest BCUT2D eigenvalue weighted by Crippen LogP contribution is -2.62. The van der Waals surface area contributed by atoms with Crippen LogP contribution in [0.4, 0.5) is 0 Å². The molecular formula is C16H30N4. The Bertz CT molecular complexity index is 391. The minimum atomic E-state index is 0.305. The fourth-order valence-corrected chi connectivity index (χ4v) is 3.05. The minimum Gasteiger partial charge on any atom is -0.311 e. The van der Waals surface area contributed by atoms with Crippen molar-refractivity contribution in [2.24, 2.45) is 11.3 Å². The van der Waals surface area contributed by atoms with Gasteiger partial charge in [0.2, 0.25) is 0 Å². The maximum absolute atomic E-state index is 4.32. The summed E-state index contributed by atoms with van der Waals surface area (Å²) < 4.78 is 2.03. The lowest BCUT2D eigenvalue weighted by Gasteiger charge is -2.47. The molecule has 1 aliphatic heterocycles. The molecule has 1 aliphatic rings. The molecule has 2 rings (SSSR count). The van der Waals surface area contributed by atoms with E-state index in [9.17, 15) is 0 Å². The van der Waals surface area contributed by atoms with Crippen molar-refractivity contribution in [2.45, 2.75) is 53.2 Å². The van der Waals surface area contributed by atoms with Crippen molar-refractivity contribution >= 4 is 0 Å². The number of hydrogen-bond donors (Lipinski definition) is 1. The molecule has 0 aromatic carbocycles. The topological polar surface area (TPSA) is 33.1 Å². The molecule has 20 heavy (non-hydrogen) atoms. The first kappa shape index (κ1) is 15.5. The number of nitrogens with one attached hydrogen (secondary N) is 1. The normalized spacial score (nSPS) is 25.3. The fraction of sp³-hybridized carbons (Fsp3) is 0.812. The molecule has 0 amide bonds. The van der Waals surface area contributed by atoms with E-state index in [2.05, 4.69) is 49.9 Å². The van der Waals surface area contributed by atoms with Gasteiger partial charge in [-0.1, -0.05) is 34.6 Å². The molecule has 114 valence electrons. The molecule has 0 bridgehead atoms. The lowest BCUT2D eigenvalue weighted by atomic mass is 9.83. The quantitative estimate of drug-likeness (QED) is 0.917. The Kier molecular flexibility index (Phi) is 4.86. The Balaban J connectivity index is 2.01. The second kappa shape index (κ2) is 6.27. The maximum atomic E-state index is 4.32. The fourth-order valence-electron chi connectivity index (χ4n) is 3.05. The van der Waals surface area contributed by atoms with E-state index in [4.69, 9.17) is 0 Å². The highest BCUT2D eigenvalue weighted by atomic mass is 15.3. The molecule has 2 unspecified atom stereocenters. The molecule has 0 spiro atoms. The van der Waals surface area contributed by atoms with E-state index in [1.807, 2.05) is 23.1 Å². The number of nitrogens with zero attached hydrogens (tertiary/aromatic N) is 3. The number of piperazine rings is 1. The van der Waals surface area contributed by atoms with Crippen LogP contribution in [0.25, 0.3) is 0 Å². The van der Waals surface area contributed by atoms with Crippen LogP contribution in [0.1, 0.15) is 34.6 Å². The van der Waals surface area contributed by atoms with E-state index in [-0.39, 0.29) is 0 Å². The summed E-state index contributed by atoms with van der Waals surface area (Å²) >= 11 is 0. The van der Waals surface area contributed by atoms with Crippen LogP contribution in [0.3, 0.4) is 0 Å². The van der Waals surface area contributed by atoms with E-state index in [0.29, 0.717) is 23.4 Å². The van der Waals surface area contributed by atoms with E-state index < -0.39 is 0 Å². The summed E-state index contributed by atoms with van der Waals surface area (Å²) in [6.45, 7) is 15.9. The maximum Gasteiger partial charge on any atom is 0.0536 e. The molecule has 2 heterocycles. The van der Waals surface area contributed by atoms with Gasteiger partial charge in [-0.25, -0.2) is 0 Å². The average molecular weight is 278 g/mol. The second-order valence-electron chi connectivity index (χ2n) is 7.40. The summed E-state index contributed by atoms with van der Waals surface area (Å²) in [6, 6.07) is 3.19. The van der Waals surface area contributed by atoms with Gasteiger partial charge in [0, 0.05) is 44.1 Å². The zero-order valence-corrected chi connectivity index (χ0v) is 13.6. The van der Waals surface area contributed by atoms with Crippen LogP contribution < -0.4 is 5.32 Å². The number of rotatable bonds is 4. The molecule has 1 fully saturated rings. The van der Waals surface area contributed by atoms with Crippen molar-refractivity contribution < 1.29 is 0 Å². The van der Waals surface area contributed by atoms with Crippen molar-refractivity contribution in [2.75, 3.05) is 19.6 Å². The second-order valence-corrected chi connectivity index (χ2v) is 7.40. The van der Waals surface area contributed by atoms with Gasteiger partial charge >= 0.3 is 0 Å². The highest BCUT2D eigenvalue weighted by molar-refractivity contribution is 4.93. The highest BCUT2D eigenvalue weighted by Crippen LogP contribution is 2.27. The molecule has 1 N–H and O–H groups in total. The first-order valence-corrected chi connectivity index (χ1v) is 7.83. The first-order chi connectivity index (χ1) is 9.38. The Morgan fingerprint density at radius 1 is 1.30 bits per heavy atom. The van der Waals surface area contributed by atoms with Gasteiger partial charge in [0.1, 0.15) is 0 Å². The van der Waals surface area contributed by atoms with Crippen molar-refractivity contribution in [1.29, 1.82) is 0 Å². The standard InChI is InChI=1S/C16H30N4/c1-13(2)14-12-19(9-10-20-8-6-7-18-20)15(11-17-14)16(3,4)5/h6-8,13-15,17H,9-12H2,1-5H3. The Hall–Kier alpha value is -0.870. The third kappa shape index (κ3) is 3.83. The van der Waals surface area contributed by atoms with Gasteiger partial charge in [-0.3, -0.25) is 9.58 Å². The van der Waals surface area contributed by atoms with Crippen molar-refractivity contribution in [3.05, 3.63) is 18.5 Å². The third-order valence-electron chi connectivity index (χ3n) is 4.43. The smallest absolute Gasteiger partial charge is 0.0536 e. The van der Waals surface area contributed by atoms with Gasteiger partial charge < -0.3 is 5.32 Å². The van der Waals surface area contributed by atoms with E-state index in [0.717, 1.165) is 26.2 Å². The molecule has 0 aliphatic carbocycles. The van der Waals surface area contributed by atoms with E-state index >= 15 is 0 Å². The van der Waals surface area contributed by atoms with Gasteiger partial charge in [0.25, 0.3) is 0 Å². The molecule has 0 radical (unpaired) electrons. The van der Waals surface area contributed by atoms with E-state index in [1.54, 1.807) is 0 Å². The van der Waals surface area contributed by atoms with Crippen LogP contribution in [0, 0.1) is 11.3 Å². The molecule has 4 heteroatoms. The third-order valence-corrected chi connectivity index (χ3v) is 4.43. The first-order valence-electron chi connectivity index (χ1n) is 7.83. The van der Waals surface area contributed by atoms with Crippen LogP contribution >= 0.6 is 0 Å². The van der Waals surface area contributed by atoms with Crippen LogP contribution in [0.2, 0.25) is 0 Å².